The number of ether oxygens (including phenoxy) is 1. The lowest BCUT2D eigenvalue weighted by Crippen LogP contribution is -2.40. The number of rotatable bonds is 7. The maximum absolute atomic E-state index is 12.3. The van der Waals surface area contributed by atoms with Gasteiger partial charge in [-0.2, -0.15) is 0 Å². The van der Waals surface area contributed by atoms with E-state index in [1.54, 1.807) is 19.2 Å². The highest BCUT2D eigenvalue weighted by atomic mass is 35.5. The first kappa shape index (κ1) is 19.8. The minimum atomic E-state index is -0.220. The summed E-state index contributed by atoms with van der Waals surface area (Å²) in [6, 6.07) is 13.0. The van der Waals surface area contributed by atoms with Crippen molar-refractivity contribution in [2.75, 3.05) is 25.1 Å². The van der Waals surface area contributed by atoms with Crippen LogP contribution in [0.15, 0.2) is 42.5 Å². The molecule has 5 nitrogen and oxygen atoms in total. The van der Waals surface area contributed by atoms with Crippen molar-refractivity contribution < 1.29 is 14.3 Å². The molecule has 0 unspecified atom stereocenters. The molecule has 0 aromatic heterocycles. The number of carbonyl (C=O) groups is 2. The monoisotopic (exact) mass is 374 g/mol. The molecule has 0 aliphatic carbocycles. The predicted octanol–water partition coefficient (Wildman–Crippen LogP) is 3.37. The molecule has 0 radical (unpaired) electrons. The van der Waals surface area contributed by atoms with E-state index in [4.69, 9.17) is 16.3 Å². The summed E-state index contributed by atoms with van der Waals surface area (Å²) < 4.78 is 5.19. The van der Waals surface area contributed by atoms with Crippen molar-refractivity contribution in [1.82, 2.24) is 5.32 Å². The zero-order chi connectivity index (χ0) is 19.1. The van der Waals surface area contributed by atoms with Crippen molar-refractivity contribution in [2.45, 2.75) is 20.3 Å². The predicted molar refractivity (Wildman–Crippen MR) is 104 cm³/mol. The first-order chi connectivity index (χ1) is 12.4. The molecule has 2 aromatic rings. The Labute approximate surface area is 158 Å². The second kappa shape index (κ2) is 9.25. The fourth-order valence-electron chi connectivity index (χ4n) is 2.61. The molecule has 0 spiro atoms. The largest absolute Gasteiger partial charge is 0.497 e. The van der Waals surface area contributed by atoms with Gasteiger partial charge in [0.25, 0.3) is 0 Å². The first-order valence-electron chi connectivity index (χ1n) is 8.34. The Morgan fingerprint density at radius 2 is 1.96 bits per heavy atom. The van der Waals surface area contributed by atoms with Gasteiger partial charge in [-0.25, -0.2) is 0 Å². The lowest BCUT2D eigenvalue weighted by molar-refractivity contribution is -0.123. The van der Waals surface area contributed by atoms with E-state index >= 15 is 0 Å². The van der Waals surface area contributed by atoms with Gasteiger partial charge in [0, 0.05) is 24.2 Å². The normalized spacial score (nSPS) is 10.3. The lowest BCUT2D eigenvalue weighted by Gasteiger charge is -2.23. The van der Waals surface area contributed by atoms with Gasteiger partial charge in [0.05, 0.1) is 7.11 Å². The maximum Gasteiger partial charge on any atom is 0.240 e. The highest BCUT2D eigenvalue weighted by Gasteiger charge is 2.17. The zero-order valence-electron chi connectivity index (χ0n) is 15.2. The number of halogens is 1. The van der Waals surface area contributed by atoms with Gasteiger partial charge in [-0.1, -0.05) is 29.8 Å². The standard InChI is InChI=1S/C20H23ClN2O3/c1-14-7-8-17(21)12-19(14)23(15(2)24)13-20(25)22-10-9-16-5-4-6-18(11-16)26-3/h4-8,11-12H,9-10,13H2,1-3H3,(H,22,25). The summed E-state index contributed by atoms with van der Waals surface area (Å²) >= 11 is 6.03. The average molecular weight is 375 g/mol. The van der Waals surface area contributed by atoms with Gasteiger partial charge in [-0.05, 0) is 48.7 Å². The fourth-order valence-corrected chi connectivity index (χ4v) is 2.78. The van der Waals surface area contributed by atoms with Crippen LogP contribution in [0.3, 0.4) is 0 Å². The molecule has 0 atom stereocenters. The first-order valence-corrected chi connectivity index (χ1v) is 8.72. The summed E-state index contributed by atoms with van der Waals surface area (Å²) in [4.78, 5) is 25.7. The molecule has 0 aliphatic heterocycles. The Bertz CT molecular complexity index is 792. The second-order valence-corrected chi connectivity index (χ2v) is 6.42. The minimum Gasteiger partial charge on any atom is -0.497 e. The summed E-state index contributed by atoms with van der Waals surface area (Å²) in [6.45, 7) is 3.74. The van der Waals surface area contributed by atoms with E-state index < -0.39 is 0 Å². The summed E-state index contributed by atoms with van der Waals surface area (Å²) in [5.74, 6) is 0.355. The van der Waals surface area contributed by atoms with Crippen molar-refractivity contribution in [2.24, 2.45) is 0 Å². The number of nitrogens with zero attached hydrogens (tertiary/aromatic N) is 1. The van der Waals surface area contributed by atoms with Crippen LogP contribution in [0.1, 0.15) is 18.1 Å². The number of hydrogen-bond donors (Lipinski definition) is 1. The smallest absolute Gasteiger partial charge is 0.240 e. The van der Waals surface area contributed by atoms with Crippen molar-refractivity contribution in [3.63, 3.8) is 0 Å². The number of carbonyl (C=O) groups excluding carboxylic acids is 2. The quantitative estimate of drug-likeness (QED) is 0.808. The van der Waals surface area contributed by atoms with Crippen LogP contribution in [0.4, 0.5) is 5.69 Å². The zero-order valence-corrected chi connectivity index (χ0v) is 16.0. The van der Waals surface area contributed by atoms with Crippen molar-refractivity contribution in [3.8, 4) is 5.75 Å². The van der Waals surface area contributed by atoms with Gasteiger partial charge in [0.1, 0.15) is 12.3 Å². The van der Waals surface area contributed by atoms with Crippen LogP contribution in [0, 0.1) is 6.92 Å². The van der Waals surface area contributed by atoms with Gasteiger partial charge in [-0.3, -0.25) is 9.59 Å². The van der Waals surface area contributed by atoms with E-state index in [0.29, 0.717) is 23.7 Å². The molecule has 0 heterocycles. The van der Waals surface area contributed by atoms with E-state index in [1.807, 2.05) is 37.3 Å². The number of nitrogens with one attached hydrogen (secondary N) is 1. The Morgan fingerprint density at radius 3 is 2.65 bits per heavy atom. The van der Waals surface area contributed by atoms with E-state index in [9.17, 15) is 9.59 Å². The molecule has 6 heteroatoms. The number of benzene rings is 2. The molecule has 26 heavy (non-hydrogen) atoms. The molecule has 0 aliphatic rings. The number of anilines is 1. The van der Waals surface area contributed by atoms with Crippen LogP contribution in [-0.2, 0) is 16.0 Å². The van der Waals surface area contributed by atoms with Crippen LogP contribution in [0.5, 0.6) is 5.75 Å². The highest BCUT2D eigenvalue weighted by molar-refractivity contribution is 6.31. The van der Waals surface area contributed by atoms with E-state index in [-0.39, 0.29) is 18.4 Å². The van der Waals surface area contributed by atoms with Crippen LogP contribution in [0.2, 0.25) is 5.02 Å². The molecule has 0 fully saturated rings. The summed E-state index contributed by atoms with van der Waals surface area (Å²) in [5, 5.41) is 3.37. The highest BCUT2D eigenvalue weighted by Crippen LogP contribution is 2.24. The Kier molecular flexibility index (Phi) is 7.04. The topological polar surface area (TPSA) is 58.6 Å². The van der Waals surface area contributed by atoms with E-state index in [2.05, 4.69) is 5.32 Å². The summed E-state index contributed by atoms with van der Waals surface area (Å²) in [6.07, 6.45) is 0.680. The van der Waals surface area contributed by atoms with Crippen LogP contribution < -0.4 is 15.0 Å². The maximum atomic E-state index is 12.3. The molecule has 0 bridgehead atoms. The van der Waals surface area contributed by atoms with Crippen LogP contribution >= 0.6 is 11.6 Å². The molecule has 0 saturated heterocycles. The molecule has 2 rings (SSSR count). The van der Waals surface area contributed by atoms with Gasteiger partial charge in [0.15, 0.2) is 0 Å². The van der Waals surface area contributed by atoms with Gasteiger partial charge in [-0.15, -0.1) is 0 Å². The molecule has 1 N–H and O–H groups in total. The lowest BCUT2D eigenvalue weighted by atomic mass is 10.1. The van der Waals surface area contributed by atoms with Crippen molar-refractivity contribution >= 4 is 29.1 Å². The van der Waals surface area contributed by atoms with Gasteiger partial charge in [0.2, 0.25) is 11.8 Å². The third-order valence-corrected chi connectivity index (χ3v) is 4.25. The second-order valence-electron chi connectivity index (χ2n) is 5.99. The van der Waals surface area contributed by atoms with E-state index in [1.165, 1.54) is 11.8 Å². The SMILES string of the molecule is COc1cccc(CCNC(=O)CN(C(C)=O)c2cc(Cl)ccc2C)c1. The third-order valence-electron chi connectivity index (χ3n) is 4.01. The van der Waals surface area contributed by atoms with Gasteiger partial charge < -0.3 is 15.0 Å². The molecular formula is C20H23ClN2O3. The van der Waals surface area contributed by atoms with Crippen molar-refractivity contribution in [3.05, 3.63) is 58.6 Å². The number of hydrogen-bond acceptors (Lipinski definition) is 3. The molecule has 2 aromatic carbocycles. The number of methoxy groups -OCH3 is 1. The molecule has 138 valence electrons. The van der Waals surface area contributed by atoms with Crippen molar-refractivity contribution in [1.29, 1.82) is 0 Å². The Morgan fingerprint density at radius 1 is 1.19 bits per heavy atom. The molecular weight excluding hydrogens is 352 g/mol. The van der Waals surface area contributed by atoms with Gasteiger partial charge >= 0.3 is 0 Å². The fraction of sp³-hybridized carbons (Fsp3) is 0.300. The van der Waals surface area contributed by atoms with Crippen LogP contribution in [-0.4, -0.2) is 32.0 Å². The molecule has 2 amide bonds. The Hall–Kier alpha value is -2.53. The minimum absolute atomic E-state index is 0.0470. The summed E-state index contributed by atoms with van der Waals surface area (Å²) in [5.41, 5.74) is 2.60. The van der Waals surface area contributed by atoms with E-state index in [0.717, 1.165) is 16.9 Å². The third kappa shape index (κ3) is 5.49. The average Bonchev–Trinajstić information content (AvgIpc) is 2.62. The molecule has 0 saturated carbocycles. The van der Waals surface area contributed by atoms with Crippen LogP contribution in [0.25, 0.3) is 0 Å². The summed E-state index contributed by atoms with van der Waals surface area (Å²) in [7, 11) is 1.62. The Balaban J connectivity index is 1.95. The number of amides is 2. The number of aryl methyl sites for hydroxylation is 1.